The molecular weight excluding hydrogens is 152 g/mol. The van der Waals surface area contributed by atoms with Crippen molar-refractivity contribution in [3.05, 3.63) is 29.8 Å². The Hall–Kier alpha value is -1.51. The lowest BCUT2D eigenvalue weighted by atomic mass is 10.2. The minimum atomic E-state index is 0.519. The third-order valence-electron chi connectivity index (χ3n) is 1.88. The van der Waals surface area contributed by atoms with Crippen molar-refractivity contribution in [2.24, 2.45) is 5.16 Å². The van der Waals surface area contributed by atoms with Gasteiger partial charge in [0.05, 0.1) is 0 Å². The average molecular weight is 162 g/mol. The van der Waals surface area contributed by atoms with E-state index >= 15 is 0 Å². The summed E-state index contributed by atoms with van der Waals surface area (Å²) < 4.78 is 0. The fraction of sp³-hybridized carbons (Fsp3) is 0.222. The Bertz CT molecular complexity index is 309. The van der Waals surface area contributed by atoms with E-state index in [1.807, 2.05) is 17.0 Å². The summed E-state index contributed by atoms with van der Waals surface area (Å²) in [6, 6.07) is 8.15. The van der Waals surface area contributed by atoms with Gasteiger partial charge in [-0.3, -0.25) is 4.90 Å². The Morgan fingerprint density at radius 2 is 2.25 bits per heavy atom. The van der Waals surface area contributed by atoms with E-state index in [0.717, 1.165) is 5.69 Å². The van der Waals surface area contributed by atoms with E-state index in [2.05, 4.69) is 24.2 Å². The summed E-state index contributed by atoms with van der Waals surface area (Å²) >= 11 is 0. The van der Waals surface area contributed by atoms with Gasteiger partial charge in [-0.05, 0) is 18.6 Å². The second kappa shape index (κ2) is 2.85. The Kier molecular flexibility index (Phi) is 1.70. The number of nitrogens with zero attached hydrogens (tertiary/aromatic N) is 2. The molecule has 0 radical (unpaired) electrons. The number of hydrogen-bond acceptors (Lipinski definition) is 3. The summed E-state index contributed by atoms with van der Waals surface area (Å²) in [4.78, 5) is 6.83. The summed E-state index contributed by atoms with van der Waals surface area (Å²) in [5, 5.41) is 3.68. The van der Waals surface area contributed by atoms with E-state index in [0.29, 0.717) is 6.73 Å². The second-order valence-corrected chi connectivity index (χ2v) is 2.74. The molecule has 1 heterocycles. The number of rotatable bonds is 1. The molecule has 2 rings (SSSR count). The highest BCUT2D eigenvalue weighted by atomic mass is 16.6. The van der Waals surface area contributed by atoms with Crippen LogP contribution >= 0.6 is 0 Å². The minimum absolute atomic E-state index is 0.519. The fourth-order valence-electron chi connectivity index (χ4n) is 1.24. The molecule has 1 aliphatic heterocycles. The van der Waals surface area contributed by atoms with Gasteiger partial charge in [0.1, 0.15) is 6.34 Å². The molecule has 0 bridgehead atoms. The Morgan fingerprint density at radius 3 is 2.92 bits per heavy atom. The van der Waals surface area contributed by atoms with Crippen LogP contribution in [-0.2, 0) is 4.84 Å². The second-order valence-electron chi connectivity index (χ2n) is 2.74. The summed E-state index contributed by atoms with van der Waals surface area (Å²) in [6.45, 7) is 2.59. The smallest absolute Gasteiger partial charge is 0.194 e. The van der Waals surface area contributed by atoms with Crippen LogP contribution in [0.3, 0.4) is 0 Å². The van der Waals surface area contributed by atoms with E-state index < -0.39 is 0 Å². The van der Waals surface area contributed by atoms with Crippen LogP contribution in [-0.4, -0.2) is 13.1 Å². The molecule has 0 aromatic heterocycles. The maximum absolute atomic E-state index is 4.86. The molecule has 0 fully saturated rings. The summed E-state index contributed by atoms with van der Waals surface area (Å²) in [6.07, 6.45) is 1.70. The number of anilines is 1. The first kappa shape index (κ1) is 7.16. The highest BCUT2D eigenvalue weighted by molar-refractivity contribution is 5.80. The van der Waals surface area contributed by atoms with E-state index in [1.165, 1.54) is 5.56 Å². The topological polar surface area (TPSA) is 24.8 Å². The Morgan fingerprint density at radius 1 is 1.42 bits per heavy atom. The molecule has 12 heavy (non-hydrogen) atoms. The third kappa shape index (κ3) is 1.13. The standard InChI is InChI=1S/C9H10N2O/c1-8-4-2-3-5-9(8)11-6-10-12-7-11/h2-6H,7H2,1H3. The predicted molar refractivity (Wildman–Crippen MR) is 48.1 cm³/mol. The van der Waals surface area contributed by atoms with E-state index in [4.69, 9.17) is 4.84 Å². The highest BCUT2D eigenvalue weighted by Gasteiger charge is 2.10. The zero-order valence-electron chi connectivity index (χ0n) is 6.90. The minimum Gasteiger partial charge on any atom is -0.372 e. The van der Waals surface area contributed by atoms with Gasteiger partial charge in [-0.2, -0.15) is 0 Å². The van der Waals surface area contributed by atoms with Crippen LogP contribution in [0.2, 0.25) is 0 Å². The van der Waals surface area contributed by atoms with Crippen molar-refractivity contribution < 1.29 is 4.84 Å². The first-order chi connectivity index (χ1) is 5.88. The van der Waals surface area contributed by atoms with Crippen molar-refractivity contribution in [2.45, 2.75) is 6.92 Å². The lowest BCUT2D eigenvalue weighted by Crippen LogP contribution is -2.18. The van der Waals surface area contributed by atoms with Crippen molar-refractivity contribution >= 4 is 12.0 Å². The maximum atomic E-state index is 4.86. The SMILES string of the molecule is Cc1ccccc1N1C=NOC1. The van der Waals surface area contributed by atoms with Gasteiger partial charge < -0.3 is 4.84 Å². The zero-order chi connectivity index (χ0) is 8.39. The Balaban J connectivity index is 2.33. The quantitative estimate of drug-likeness (QED) is 0.628. The number of oxime groups is 1. The molecule has 0 unspecified atom stereocenters. The number of benzene rings is 1. The zero-order valence-corrected chi connectivity index (χ0v) is 6.90. The van der Waals surface area contributed by atoms with Crippen LogP contribution in [0.4, 0.5) is 5.69 Å². The van der Waals surface area contributed by atoms with E-state index in [-0.39, 0.29) is 0 Å². The Labute approximate surface area is 71.2 Å². The van der Waals surface area contributed by atoms with Crippen molar-refractivity contribution in [1.29, 1.82) is 0 Å². The summed E-state index contributed by atoms with van der Waals surface area (Å²) in [7, 11) is 0. The van der Waals surface area contributed by atoms with Gasteiger partial charge in [0.25, 0.3) is 0 Å². The molecule has 1 aliphatic rings. The van der Waals surface area contributed by atoms with Crippen molar-refractivity contribution in [3.8, 4) is 0 Å². The van der Waals surface area contributed by atoms with Gasteiger partial charge in [-0.15, -0.1) is 0 Å². The average Bonchev–Trinajstić information content (AvgIpc) is 2.57. The molecule has 0 saturated heterocycles. The first-order valence-corrected chi connectivity index (χ1v) is 3.85. The number of aryl methyl sites for hydroxylation is 1. The van der Waals surface area contributed by atoms with Crippen LogP contribution in [0.5, 0.6) is 0 Å². The van der Waals surface area contributed by atoms with Crippen LogP contribution in [0.1, 0.15) is 5.56 Å². The van der Waals surface area contributed by atoms with Crippen LogP contribution in [0.15, 0.2) is 29.4 Å². The van der Waals surface area contributed by atoms with Gasteiger partial charge in [0.2, 0.25) is 0 Å². The maximum Gasteiger partial charge on any atom is 0.194 e. The van der Waals surface area contributed by atoms with Gasteiger partial charge >= 0.3 is 0 Å². The molecule has 3 heteroatoms. The lowest BCUT2D eigenvalue weighted by Gasteiger charge is -2.13. The molecule has 0 aliphatic carbocycles. The molecule has 0 spiro atoms. The monoisotopic (exact) mass is 162 g/mol. The van der Waals surface area contributed by atoms with E-state index in [9.17, 15) is 0 Å². The van der Waals surface area contributed by atoms with Gasteiger partial charge in [-0.1, -0.05) is 23.4 Å². The van der Waals surface area contributed by atoms with E-state index in [1.54, 1.807) is 6.34 Å². The molecule has 0 saturated carbocycles. The first-order valence-electron chi connectivity index (χ1n) is 3.85. The van der Waals surface area contributed by atoms with Crippen molar-refractivity contribution in [2.75, 3.05) is 11.6 Å². The molecule has 3 nitrogen and oxygen atoms in total. The van der Waals surface area contributed by atoms with Crippen LogP contribution < -0.4 is 4.90 Å². The molecule has 62 valence electrons. The third-order valence-corrected chi connectivity index (χ3v) is 1.88. The van der Waals surface area contributed by atoms with Crippen LogP contribution in [0.25, 0.3) is 0 Å². The van der Waals surface area contributed by atoms with Crippen LogP contribution in [0, 0.1) is 6.92 Å². The van der Waals surface area contributed by atoms with Gasteiger partial charge in [-0.25, -0.2) is 0 Å². The molecule has 0 amide bonds. The molecular formula is C9H10N2O. The number of hydrogen-bond donors (Lipinski definition) is 0. The van der Waals surface area contributed by atoms with Gasteiger partial charge in [0, 0.05) is 5.69 Å². The molecule has 1 aromatic rings. The molecule has 0 atom stereocenters. The van der Waals surface area contributed by atoms with Crippen molar-refractivity contribution in [3.63, 3.8) is 0 Å². The largest absolute Gasteiger partial charge is 0.372 e. The molecule has 1 aromatic carbocycles. The normalized spacial score (nSPS) is 14.9. The van der Waals surface area contributed by atoms with Gasteiger partial charge in [0.15, 0.2) is 6.73 Å². The fourth-order valence-corrected chi connectivity index (χ4v) is 1.24. The molecule has 0 N–H and O–H groups in total. The highest BCUT2D eigenvalue weighted by Crippen LogP contribution is 2.19. The predicted octanol–water partition coefficient (Wildman–Crippen LogP) is 1.73. The van der Waals surface area contributed by atoms with Crippen molar-refractivity contribution in [1.82, 2.24) is 0 Å². The summed E-state index contributed by atoms with van der Waals surface area (Å²) in [5.41, 5.74) is 2.38. The summed E-state index contributed by atoms with van der Waals surface area (Å²) in [5.74, 6) is 0. The lowest BCUT2D eigenvalue weighted by molar-refractivity contribution is 0.174. The number of para-hydroxylation sites is 1.